The number of rotatable bonds is 3. The maximum Gasteiger partial charge on any atom is 0.241 e. The zero-order chi connectivity index (χ0) is 9.68. The lowest BCUT2D eigenvalue weighted by Gasteiger charge is -2.25. The molecule has 0 saturated heterocycles. The monoisotopic (exact) mass is 181 g/mol. The van der Waals surface area contributed by atoms with Crippen molar-refractivity contribution < 1.29 is 4.79 Å². The summed E-state index contributed by atoms with van der Waals surface area (Å²) in [7, 11) is 0. The Morgan fingerprint density at radius 2 is 2.00 bits per heavy atom. The number of amides is 1. The van der Waals surface area contributed by atoms with Crippen LogP contribution in [0.15, 0.2) is 12.2 Å². The molecular weight excluding hydrogens is 162 g/mol. The molecule has 0 bridgehead atoms. The second-order valence-electron chi connectivity index (χ2n) is 4.02. The minimum absolute atomic E-state index is 0.331. The van der Waals surface area contributed by atoms with E-state index >= 15 is 0 Å². The molecule has 0 aliphatic heterocycles. The first-order valence-electron chi connectivity index (χ1n) is 5.18. The second-order valence-corrected chi connectivity index (χ2v) is 4.02. The van der Waals surface area contributed by atoms with Crippen molar-refractivity contribution in [1.29, 1.82) is 0 Å². The molecule has 1 saturated carbocycles. The molecule has 2 N–H and O–H groups in total. The van der Waals surface area contributed by atoms with Crippen molar-refractivity contribution in [2.45, 2.75) is 39.0 Å². The Hall–Kier alpha value is -0.790. The molecule has 1 aliphatic rings. The largest absolute Gasteiger partial charge is 0.366 e. The molecule has 0 aromatic heterocycles. The molecule has 1 rings (SSSR count). The van der Waals surface area contributed by atoms with Gasteiger partial charge in [-0.25, -0.2) is 0 Å². The number of nitrogens with two attached hydrogens (primary N) is 1. The minimum Gasteiger partial charge on any atom is -0.366 e. The molecule has 0 aromatic carbocycles. The normalized spacial score (nSPS) is 21.9. The maximum absolute atomic E-state index is 10.5. The molecule has 1 fully saturated rings. The first kappa shape index (κ1) is 10.3. The highest BCUT2D eigenvalue weighted by atomic mass is 16.1. The van der Waals surface area contributed by atoms with Crippen LogP contribution in [0, 0.1) is 11.8 Å². The Morgan fingerprint density at radius 3 is 2.54 bits per heavy atom. The number of carbonyl (C=O) groups excluding carboxylic acids is 1. The van der Waals surface area contributed by atoms with Crippen LogP contribution in [0.5, 0.6) is 0 Å². The fourth-order valence-corrected chi connectivity index (χ4v) is 2.06. The summed E-state index contributed by atoms with van der Waals surface area (Å²) in [6.45, 7) is 2.18. The van der Waals surface area contributed by atoms with Crippen molar-refractivity contribution in [1.82, 2.24) is 0 Å². The number of allylic oxidation sites excluding steroid dienone is 1. The SMILES string of the molecule is CC(C=CC(N)=O)C1CCCCC1. The number of carbonyl (C=O) groups is 1. The van der Waals surface area contributed by atoms with Gasteiger partial charge in [-0.05, 0) is 30.8 Å². The van der Waals surface area contributed by atoms with Crippen LogP contribution in [0.1, 0.15) is 39.0 Å². The third-order valence-corrected chi connectivity index (χ3v) is 2.96. The average Bonchev–Trinajstić information content (AvgIpc) is 2.15. The van der Waals surface area contributed by atoms with Gasteiger partial charge in [-0.1, -0.05) is 32.3 Å². The van der Waals surface area contributed by atoms with Crippen LogP contribution in [0.25, 0.3) is 0 Å². The van der Waals surface area contributed by atoms with Crippen LogP contribution >= 0.6 is 0 Å². The van der Waals surface area contributed by atoms with Crippen molar-refractivity contribution in [3.05, 3.63) is 12.2 Å². The zero-order valence-corrected chi connectivity index (χ0v) is 8.33. The predicted octanol–water partition coefficient (Wildman–Crippen LogP) is 2.24. The van der Waals surface area contributed by atoms with Crippen molar-refractivity contribution in [3.63, 3.8) is 0 Å². The Bertz CT molecular complexity index is 192. The van der Waals surface area contributed by atoms with E-state index < -0.39 is 0 Å². The summed E-state index contributed by atoms with van der Waals surface area (Å²) in [6, 6.07) is 0. The Morgan fingerprint density at radius 1 is 1.38 bits per heavy atom. The van der Waals surface area contributed by atoms with E-state index in [1.54, 1.807) is 0 Å². The van der Waals surface area contributed by atoms with Crippen molar-refractivity contribution >= 4 is 5.91 Å². The lowest BCUT2D eigenvalue weighted by Crippen LogP contribution is -2.14. The Balaban J connectivity index is 2.36. The van der Waals surface area contributed by atoms with Crippen molar-refractivity contribution in [2.75, 3.05) is 0 Å². The predicted molar refractivity (Wildman–Crippen MR) is 54.1 cm³/mol. The van der Waals surface area contributed by atoms with Gasteiger partial charge in [0, 0.05) is 0 Å². The van der Waals surface area contributed by atoms with Crippen molar-refractivity contribution in [3.8, 4) is 0 Å². The van der Waals surface area contributed by atoms with E-state index in [4.69, 9.17) is 5.73 Å². The fraction of sp³-hybridized carbons (Fsp3) is 0.727. The Labute approximate surface area is 80.2 Å². The number of primary amides is 1. The molecule has 13 heavy (non-hydrogen) atoms. The van der Waals surface area contributed by atoms with Gasteiger partial charge in [0.2, 0.25) is 5.91 Å². The summed E-state index contributed by atoms with van der Waals surface area (Å²) in [6.07, 6.45) is 10.1. The maximum atomic E-state index is 10.5. The van der Waals surface area contributed by atoms with E-state index in [1.807, 2.05) is 6.08 Å². The highest BCUT2D eigenvalue weighted by molar-refractivity contribution is 5.85. The third kappa shape index (κ3) is 3.62. The van der Waals surface area contributed by atoms with Gasteiger partial charge in [-0.3, -0.25) is 4.79 Å². The van der Waals surface area contributed by atoms with E-state index in [2.05, 4.69) is 6.92 Å². The summed E-state index contributed by atoms with van der Waals surface area (Å²) < 4.78 is 0. The molecule has 1 amide bonds. The van der Waals surface area contributed by atoms with E-state index in [1.165, 1.54) is 38.2 Å². The third-order valence-electron chi connectivity index (χ3n) is 2.96. The van der Waals surface area contributed by atoms with Crippen LogP contribution in [0.4, 0.5) is 0 Å². The fourth-order valence-electron chi connectivity index (χ4n) is 2.06. The van der Waals surface area contributed by atoms with Crippen molar-refractivity contribution in [2.24, 2.45) is 17.6 Å². The van der Waals surface area contributed by atoms with E-state index in [0.717, 1.165) is 5.92 Å². The number of hydrogen-bond donors (Lipinski definition) is 1. The van der Waals surface area contributed by atoms with E-state index in [0.29, 0.717) is 5.92 Å². The quantitative estimate of drug-likeness (QED) is 0.667. The van der Waals surface area contributed by atoms with Gasteiger partial charge in [0.25, 0.3) is 0 Å². The summed E-state index contributed by atoms with van der Waals surface area (Å²) in [5.41, 5.74) is 5.04. The first-order valence-corrected chi connectivity index (χ1v) is 5.18. The minimum atomic E-state index is -0.331. The second kappa shape index (κ2) is 5.05. The van der Waals surface area contributed by atoms with Gasteiger partial charge in [-0.2, -0.15) is 0 Å². The average molecular weight is 181 g/mol. The molecule has 1 unspecified atom stereocenters. The summed E-state index contributed by atoms with van der Waals surface area (Å²) in [5.74, 6) is 0.944. The van der Waals surface area contributed by atoms with Crippen LogP contribution in [-0.4, -0.2) is 5.91 Å². The molecule has 74 valence electrons. The van der Waals surface area contributed by atoms with Crippen LogP contribution in [0.3, 0.4) is 0 Å². The highest BCUT2D eigenvalue weighted by Gasteiger charge is 2.17. The molecular formula is C11H19NO. The molecule has 2 heteroatoms. The summed E-state index contributed by atoms with van der Waals surface area (Å²) in [4.78, 5) is 10.5. The smallest absolute Gasteiger partial charge is 0.241 e. The lowest BCUT2D eigenvalue weighted by molar-refractivity contribution is -0.113. The molecule has 0 radical (unpaired) electrons. The van der Waals surface area contributed by atoms with Gasteiger partial charge >= 0.3 is 0 Å². The zero-order valence-electron chi connectivity index (χ0n) is 8.33. The molecule has 0 aromatic rings. The van der Waals surface area contributed by atoms with Gasteiger partial charge in [0.1, 0.15) is 0 Å². The van der Waals surface area contributed by atoms with E-state index in [-0.39, 0.29) is 5.91 Å². The lowest BCUT2D eigenvalue weighted by atomic mass is 9.81. The highest BCUT2D eigenvalue weighted by Crippen LogP contribution is 2.30. The van der Waals surface area contributed by atoms with Gasteiger partial charge in [-0.15, -0.1) is 0 Å². The molecule has 1 aliphatic carbocycles. The van der Waals surface area contributed by atoms with E-state index in [9.17, 15) is 4.79 Å². The summed E-state index contributed by atoms with van der Waals surface area (Å²) in [5, 5.41) is 0. The summed E-state index contributed by atoms with van der Waals surface area (Å²) >= 11 is 0. The van der Waals surface area contributed by atoms with Gasteiger partial charge < -0.3 is 5.73 Å². The van der Waals surface area contributed by atoms with Crippen LogP contribution in [0.2, 0.25) is 0 Å². The first-order chi connectivity index (χ1) is 6.20. The topological polar surface area (TPSA) is 43.1 Å². The molecule has 0 heterocycles. The van der Waals surface area contributed by atoms with Crippen LogP contribution in [-0.2, 0) is 4.79 Å². The van der Waals surface area contributed by atoms with Gasteiger partial charge in [0.05, 0.1) is 0 Å². The van der Waals surface area contributed by atoms with Crippen LogP contribution < -0.4 is 5.73 Å². The number of hydrogen-bond acceptors (Lipinski definition) is 1. The molecule has 0 spiro atoms. The van der Waals surface area contributed by atoms with Gasteiger partial charge in [0.15, 0.2) is 0 Å². The Kier molecular flexibility index (Phi) is 4.00. The standard InChI is InChI=1S/C11H19NO/c1-9(7-8-11(12)13)10-5-3-2-4-6-10/h7-10H,2-6H2,1H3,(H2,12,13). The molecule has 1 atom stereocenters. The molecule has 2 nitrogen and oxygen atoms in total.